The summed E-state index contributed by atoms with van der Waals surface area (Å²) in [6.45, 7) is 0.0134. The monoisotopic (exact) mass is 278 g/mol. The van der Waals surface area contributed by atoms with Gasteiger partial charge in [0.2, 0.25) is 0 Å². The molecule has 0 bridgehead atoms. The van der Waals surface area contributed by atoms with E-state index in [9.17, 15) is 9.50 Å². The highest BCUT2D eigenvalue weighted by Gasteiger charge is 2.14. The lowest BCUT2D eigenvalue weighted by molar-refractivity contribution is 0.224. The van der Waals surface area contributed by atoms with Gasteiger partial charge in [-0.2, -0.15) is 0 Å². The fourth-order valence-electron chi connectivity index (χ4n) is 2.16. The molecule has 0 fully saturated rings. The van der Waals surface area contributed by atoms with E-state index in [-0.39, 0.29) is 18.3 Å². The number of rotatable bonds is 5. The van der Waals surface area contributed by atoms with Crippen LogP contribution in [-0.2, 0) is 12.8 Å². The molecular formula is C16H16ClFO. The number of halogens is 2. The third kappa shape index (κ3) is 3.79. The van der Waals surface area contributed by atoms with Crippen LogP contribution in [0.1, 0.15) is 11.1 Å². The lowest BCUT2D eigenvalue weighted by Crippen LogP contribution is -2.14. The van der Waals surface area contributed by atoms with Gasteiger partial charge in [0, 0.05) is 17.2 Å². The summed E-state index contributed by atoms with van der Waals surface area (Å²) in [4.78, 5) is 0. The molecule has 0 saturated carbocycles. The minimum atomic E-state index is -0.306. The van der Waals surface area contributed by atoms with Gasteiger partial charge < -0.3 is 5.11 Å². The van der Waals surface area contributed by atoms with Gasteiger partial charge in [0.25, 0.3) is 0 Å². The maximum atomic E-state index is 13.7. The molecule has 100 valence electrons. The summed E-state index contributed by atoms with van der Waals surface area (Å²) in [5.41, 5.74) is 1.62. The van der Waals surface area contributed by atoms with E-state index in [1.54, 1.807) is 12.1 Å². The Hall–Kier alpha value is -1.38. The van der Waals surface area contributed by atoms with Gasteiger partial charge in [-0.15, -0.1) is 0 Å². The van der Waals surface area contributed by atoms with Crippen molar-refractivity contribution in [1.82, 2.24) is 0 Å². The summed E-state index contributed by atoms with van der Waals surface area (Å²) in [5.74, 6) is -0.337. The smallest absolute Gasteiger partial charge is 0.127 e. The van der Waals surface area contributed by atoms with Crippen LogP contribution in [0.2, 0.25) is 5.02 Å². The van der Waals surface area contributed by atoms with Gasteiger partial charge >= 0.3 is 0 Å². The first-order valence-corrected chi connectivity index (χ1v) is 6.66. The van der Waals surface area contributed by atoms with Crippen LogP contribution in [-0.4, -0.2) is 11.7 Å². The molecule has 1 nitrogen and oxygen atoms in total. The predicted molar refractivity (Wildman–Crippen MR) is 75.8 cm³/mol. The highest BCUT2D eigenvalue weighted by atomic mass is 35.5. The van der Waals surface area contributed by atoms with E-state index in [1.807, 2.05) is 30.3 Å². The number of hydrogen-bond acceptors (Lipinski definition) is 1. The Balaban J connectivity index is 2.11. The minimum Gasteiger partial charge on any atom is -0.396 e. The topological polar surface area (TPSA) is 20.2 Å². The van der Waals surface area contributed by atoms with Gasteiger partial charge in [0.05, 0.1) is 0 Å². The van der Waals surface area contributed by atoms with Crippen LogP contribution in [0, 0.1) is 11.7 Å². The summed E-state index contributed by atoms with van der Waals surface area (Å²) in [6.07, 6.45) is 1.15. The van der Waals surface area contributed by atoms with E-state index >= 15 is 0 Å². The molecule has 19 heavy (non-hydrogen) atoms. The summed E-state index contributed by atoms with van der Waals surface area (Å²) >= 11 is 6.01. The highest BCUT2D eigenvalue weighted by molar-refractivity contribution is 6.31. The van der Waals surface area contributed by atoms with Gasteiger partial charge in [-0.05, 0) is 36.5 Å². The number of benzene rings is 2. The molecule has 0 heterocycles. The molecule has 0 spiro atoms. The summed E-state index contributed by atoms with van der Waals surface area (Å²) < 4.78 is 13.7. The average molecular weight is 279 g/mol. The molecule has 0 aliphatic rings. The van der Waals surface area contributed by atoms with Gasteiger partial charge in [0.15, 0.2) is 0 Å². The zero-order valence-electron chi connectivity index (χ0n) is 10.5. The summed E-state index contributed by atoms with van der Waals surface area (Å²) in [6, 6.07) is 14.5. The van der Waals surface area contributed by atoms with Crippen LogP contribution in [0.25, 0.3) is 0 Å². The maximum Gasteiger partial charge on any atom is 0.127 e. The molecule has 0 aliphatic heterocycles. The van der Waals surface area contributed by atoms with Crippen LogP contribution >= 0.6 is 11.6 Å². The maximum absolute atomic E-state index is 13.7. The van der Waals surface area contributed by atoms with Crippen molar-refractivity contribution in [1.29, 1.82) is 0 Å². The quantitative estimate of drug-likeness (QED) is 0.880. The van der Waals surface area contributed by atoms with E-state index < -0.39 is 0 Å². The second-order valence-corrected chi connectivity index (χ2v) is 5.05. The minimum absolute atomic E-state index is 0.0134. The summed E-state index contributed by atoms with van der Waals surface area (Å²) in [7, 11) is 0. The van der Waals surface area contributed by atoms with E-state index in [0.29, 0.717) is 23.4 Å². The van der Waals surface area contributed by atoms with Crippen LogP contribution in [0.3, 0.4) is 0 Å². The standard InChI is InChI=1S/C16H16ClFO/c17-15-7-4-8-16(18)14(15)10-13(11-19)9-12-5-2-1-3-6-12/h1-8,13,19H,9-11H2. The molecule has 1 N–H and O–H groups in total. The number of aliphatic hydroxyl groups excluding tert-OH is 1. The van der Waals surface area contributed by atoms with Crippen molar-refractivity contribution in [2.45, 2.75) is 12.8 Å². The normalized spacial score (nSPS) is 12.4. The molecule has 0 amide bonds. The first-order valence-electron chi connectivity index (χ1n) is 6.28. The van der Waals surface area contributed by atoms with E-state index in [0.717, 1.165) is 5.56 Å². The first kappa shape index (κ1) is 14.0. The zero-order valence-corrected chi connectivity index (χ0v) is 11.3. The van der Waals surface area contributed by atoms with Crippen molar-refractivity contribution in [3.63, 3.8) is 0 Å². The van der Waals surface area contributed by atoms with Crippen molar-refractivity contribution in [2.75, 3.05) is 6.61 Å². The van der Waals surface area contributed by atoms with Crippen molar-refractivity contribution in [3.8, 4) is 0 Å². The van der Waals surface area contributed by atoms with Crippen molar-refractivity contribution >= 4 is 11.6 Å². The second-order valence-electron chi connectivity index (χ2n) is 4.64. The molecule has 2 rings (SSSR count). The zero-order chi connectivity index (χ0) is 13.7. The molecule has 3 heteroatoms. The number of aliphatic hydroxyl groups is 1. The second kappa shape index (κ2) is 6.69. The Bertz CT molecular complexity index is 507. The van der Waals surface area contributed by atoms with Crippen LogP contribution in [0.15, 0.2) is 48.5 Å². The van der Waals surface area contributed by atoms with E-state index in [4.69, 9.17) is 11.6 Å². The SMILES string of the molecule is OCC(Cc1ccccc1)Cc1c(F)cccc1Cl. The summed E-state index contributed by atoms with van der Waals surface area (Å²) in [5, 5.41) is 9.89. The van der Waals surface area contributed by atoms with Crippen LogP contribution < -0.4 is 0 Å². The van der Waals surface area contributed by atoms with Gasteiger partial charge in [-0.25, -0.2) is 4.39 Å². The molecular weight excluding hydrogens is 263 g/mol. The van der Waals surface area contributed by atoms with Crippen molar-refractivity contribution < 1.29 is 9.50 Å². The highest BCUT2D eigenvalue weighted by Crippen LogP contribution is 2.23. The van der Waals surface area contributed by atoms with Crippen LogP contribution in [0.4, 0.5) is 4.39 Å². The molecule has 2 aromatic carbocycles. The molecule has 0 aromatic heterocycles. The third-order valence-corrected chi connectivity index (χ3v) is 3.53. The Morgan fingerprint density at radius 2 is 1.74 bits per heavy atom. The lowest BCUT2D eigenvalue weighted by Gasteiger charge is -2.15. The molecule has 1 unspecified atom stereocenters. The van der Waals surface area contributed by atoms with Crippen molar-refractivity contribution in [2.24, 2.45) is 5.92 Å². The predicted octanol–water partition coefficient (Wildman–Crippen LogP) is 3.87. The molecule has 0 saturated heterocycles. The Morgan fingerprint density at radius 3 is 2.37 bits per heavy atom. The van der Waals surface area contributed by atoms with Gasteiger partial charge in [-0.3, -0.25) is 0 Å². The van der Waals surface area contributed by atoms with Crippen molar-refractivity contribution in [3.05, 3.63) is 70.5 Å². The lowest BCUT2D eigenvalue weighted by atomic mass is 9.93. The molecule has 0 aliphatic carbocycles. The largest absolute Gasteiger partial charge is 0.396 e. The fraction of sp³-hybridized carbons (Fsp3) is 0.250. The molecule has 1 atom stereocenters. The molecule has 0 radical (unpaired) electrons. The first-order chi connectivity index (χ1) is 9.20. The Morgan fingerprint density at radius 1 is 1.00 bits per heavy atom. The fourth-order valence-corrected chi connectivity index (χ4v) is 2.40. The van der Waals surface area contributed by atoms with E-state index in [2.05, 4.69) is 0 Å². The van der Waals surface area contributed by atoms with Crippen LogP contribution in [0.5, 0.6) is 0 Å². The Labute approximate surface area is 117 Å². The van der Waals surface area contributed by atoms with E-state index in [1.165, 1.54) is 6.07 Å². The van der Waals surface area contributed by atoms with Gasteiger partial charge in [0.1, 0.15) is 5.82 Å². The third-order valence-electron chi connectivity index (χ3n) is 3.18. The number of hydrogen-bond donors (Lipinski definition) is 1. The van der Waals surface area contributed by atoms with Gasteiger partial charge in [-0.1, -0.05) is 48.0 Å². The molecule has 2 aromatic rings. The Kier molecular flexibility index (Phi) is 4.94. The average Bonchev–Trinajstić information content (AvgIpc) is 2.43.